The Bertz CT molecular complexity index is 1530. The summed E-state index contributed by atoms with van der Waals surface area (Å²) < 4.78 is 9.92. The van der Waals surface area contributed by atoms with Gasteiger partial charge in [0, 0.05) is 18.1 Å². The molecule has 1 amide bonds. The van der Waals surface area contributed by atoms with Gasteiger partial charge < -0.3 is 9.64 Å². The molecule has 37 heavy (non-hydrogen) atoms. The largest absolute Gasteiger partial charge is 0.492 e. The molecule has 0 N–H and O–H groups in total. The van der Waals surface area contributed by atoms with Crippen LogP contribution in [0.2, 0.25) is 5.02 Å². The van der Waals surface area contributed by atoms with E-state index in [1.165, 1.54) is 11.3 Å². The van der Waals surface area contributed by atoms with E-state index < -0.39 is 6.04 Å². The molecule has 0 saturated carbocycles. The lowest BCUT2D eigenvalue weighted by Crippen LogP contribution is -2.43. The number of aromatic nitrogens is 1. The summed E-state index contributed by atoms with van der Waals surface area (Å²) in [5.41, 5.74) is 2.66. The van der Waals surface area contributed by atoms with Crippen molar-refractivity contribution < 1.29 is 9.53 Å². The van der Waals surface area contributed by atoms with Crippen LogP contribution in [0.15, 0.2) is 57.5 Å². The van der Waals surface area contributed by atoms with Gasteiger partial charge in [-0.3, -0.25) is 14.2 Å². The number of thiazole rings is 1. The molecule has 0 radical (unpaired) electrons. The predicted octanol–water partition coefficient (Wildman–Crippen LogP) is 5.36. The Labute approximate surface area is 252 Å². The number of carbonyl (C=O) groups excluding carboxylic acids is 1. The minimum absolute atomic E-state index is 0.115. The first-order valence-electron chi connectivity index (χ1n) is 11.9. The molecule has 4 rings (SSSR count). The number of hydrogen-bond donors (Lipinski definition) is 0. The zero-order chi connectivity index (χ0) is 26.9. The van der Waals surface area contributed by atoms with E-state index in [-0.39, 0.29) is 11.5 Å². The second-order valence-corrected chi connectivity index (χ2v) is 12.1. The summed E-state index contributed by atoms with van der Waals surface area (Å²) in [4.78, 5) is 34.6. The van der Waals surface area contributed by atoms with E-state index in [9.17, 15) is 9.59 Å². The van der Waals surface area contributed by atoms with Gasteiger partial charge in [0.1, 0.15) is 5.75 Å². The van der Waals surface area contributed by atoms with Gasteiger partial charge in [0.2, 0.25) is 0 Å². The van der Waals surface area contributed by atoms with Crippen LogP contribution in [0.3, 0.4) is 0 Å². The normalized spacial score (nSPS) is 15.4. The number of allylic oxidation sites excluding steroid dienone is 1. The van der Waals surface area contributed by atoms with E-state index in [1.54, 1.807) is 21.6 Å². The van der Waals surface area contributed by atoms with Crippen LogP contribution in [-0.4, -0.2) is 35.1 Å². The monoisotopic (exact) mass is 761 g/mol. The zero-order valence-electron chi connectivity index (χ0n) is 20.8. The molecule has 2 heterocycles. The number of ether oxygens (including phenoxy) is 1. The molecule has 6 nitrogen and oxygen atoms in total. The average Bonchev–Trinajstić information content (AvgIpc) is 3.16. The topological polar surface area (TPSA) is 63.9 Å². The second kappa shape index (κ2) is 12.0. The van der Waals surface area contributed by atoms with E-state index in [2.05, 4.69) is 45.2 Å². The van der Waals surface area contributed by atoms with E-state index in [0.29, 0.717) is 45.3 Å². The predicted molar refractivity (Wildman–Crippen MR) is 166 cm³/mol. The third kappa shape index (κ3) is 5.69. The van der Waals surface area contributed by atoms with E-state index in [0.717, 1.165) is 24.0 Å². The molecule has 0 aliphatic carbocycles. The molecule has 2 aromatic carbocycles. The minimum Gasteiger partial charge on any atom is -0.492 e. The quantitative estimate of drug-likeness (QED) is 0.305. The Morgan fingerprint density at radius 1 is 1.16 bits per heavy atom. The van der Waals surface area contributed by atoms with Crippen LogP contribution in [0.5, 0.6) is 5.75 Å². The van der Waals surface area contributed by atoms with Crippen LogP contribution in [0, 0.1) is 7.14 Å². The van der Waals surface area contributed by atoms with Crippen LogP contribution >= 0.6 is 68.1 Å². The molecule has 3 aromatic rings. The summed E-state index contributed by atoms with van der Waals surface area (Å²) in [6, 6.07) is 10.7. The third-order valence-electron chi connectivity index (χ3n) is 6.10. The summed E-state index contributed by atoms with van der Waals surface area (Å²) in [7, 11) is 0. The number of hydrogen-bond acceptors (Lipinski definition) is 5. The summed E-state index contributed by atoms with van der Waals surface area (Å²) in [5, 5.41) is 0.591. The number of fused-ring (bicyclic) bond motifs is 1. The highest BCUT2D eigenvalue weighted by Gasteiger charge is 2.34. The number of nitrogens with zero attached hydrogens (tertiary/aromatic N) is 3. The van der Waals surface area contributed by atoms with Gasteiger partial charge in [-0.1, -0.05) is 35.1 Å². The molecule has 1 aliphatic heterocycles. The smallest absolute Gasteiger partial charge is 0.271 e. The first kappa shape index (κ1) is 28.3. The molecule has 0 saturated heterocycles. The van der Waals surface area contributed by atoms with Crippen LogP contribution in [0.4, 0.5) is 0 Å². The molecule has 0 unspecified atom stereocenters. The van der Waals surface area contributed by atoms with Crippen LogP contribution in [-0.2, 0) is 4.79 Å². The Hall–Kier alpha value is -1.70. The van der Waals surface area contributed by atoms with E-state index in [4.69, 9.17) is 21.3 Å². The lowest BCUT2D eigenvalue weighted by Gasteiger charge is -2.29. The highest BCUT2D eigenvalue weighted by atomic mass is 127. The highest BCUT2D eigenvalue weighted by molar-refractivity contribution is 14.1. The van der Waals surface area contributed by atoms with Gasteiger partial charge in [-0.05, 0) is 114 Å². The maximum Gasteiger partial charge on any atom is 0.271 e. The highest BCUT2D eigenvalue weighted by Crippen LogP contribution is 2.32. The average molecular weight is 762 g/mol. The van der Waals surface area contributed by atoms with Crippen molar-refractivity contribution >= 4 is 80.1 Å². The van der Waals surface area contributed by atoms with Gasteiger partial charge in [0.15, 0.2) is 4.80 Å². The van der Waals surface area contributed by atoms with Crippen LogP contribution < -0.4 is 19.6 Å². The van der Waals surface area contributed by atoms with Crippen molar-refractivity contribution in [1.29, 1.82) is 0 Å². The standard InChI is InChI=1S/C27H26ClI2N3O3S/c1-5-32(6-2)26(35)22-15(4)31-27-33(23(22)17-8-10-18(28)11-9-17)25(34)21(37-27)14-16-12-19(29)24(36-7-3)20(30)13-16/h8-14,23H,5-7H2,1-4H3/b21-14+/t23-/m0/s1. The second-order valence-electron chi connectivity index (χ2n) is 8.36. The van der Waals surface area contributed by atoms with Gasteiger partial charge in [0.25, 0.3) is 11.5 Å². The lowest BCUT2D eigenvalue weighted by atomic mass is 9.94. The first-order valence-corrected chi connectivity index (χ1v) is 15.2. The fourth-order valence-corrected chi connectivity index (χ4v) is 7.63. The summed E-state index contributed by atoms with van der Waals surface area (Å²) >= 11 is 12.0. The van der Waals surface area contributed by atoms with Gasteiger partial charge in [-0.15, -0.1) is 0 Å². The Morgan fingerprint density at radius 3 is 2.35 bits per heavy atom. The van der Waals surface area contributed by atoms with Crippen LogP contribution in [0.1, 0.15) is 44.9 Å². The Morgan fingerprint density at radius 2 is 1.78 bits per heavy atom. The molecule has 1 aromatic heterocycles. The number of benzene rings is 2. The van der Waals surface area contributed by atoms with E-state index >= 15 is 0 Å². The van der Waals surface area contributed by atoms with Crippen molar-refractivity contribution in [2.24, 2.45) is 4.99 Å². The molecule has 1 atom stereocenters. The summed E-state index contributed by atoms with van der Waals surface area (Å²) in [6.45, 7) is 9.42. The number of halogens is 3. The number of likely N-dealkylation sites (N-methyl/N-ethyl adjacent to an activating group) is 1. The van der Waals surface area contributed by atoms with Crippen molar-refractivity contribution in [2.75, 3.05) is 19.7 Å². The maximum atomic E-state index is 13.9. The molecule has 1 aliphatic rings. The van der Waals surface area contributed by atoms with Crippen molar-refractivity contribution in [2.45, 2.75) is 33.7 Å². The zero-order valence-corrected chi connectivity index (χ0v) is 26.7. The molecular formula is C27H26ClI2N3O3S. The van der Waals surface area contributed by atoms with Crippen molar-refractivity contribution in [1.82, 2.24) is 9.47 Å². The lowest BCUT2D eigenvalue weighted by molar-refractivity contribution is -0.127. The molecule has 0 spiro atoms. The Balaban J connectivity index is 1.93. The fraction of sp³-hybridized carbons (Fsp3) is 0.296. The molecular weight excluding hydrogens is 736 g/mol. The number of rotatable bonds is 7. The maximum absolute atomic E-state index is 13.9. The van der Waals surface area contributed by atoms with Gasteiger partial charge in [-0.25, -0.2) is 4.99 Å². The molecule has 194 valence electrons. The van der Waals surface area contributed by atoms with Crippen molar-refractivity contribution in [3.05, 3.63) is 90.6 Å². The van der Waals surface area contributed by atoms with Crippen molar-refractivity contribution in [3.8, 4) is 5.75 Å². The molecule has 0 fully saturated rings. The van der Waals surface area contributed by atoms with Crippen LogP contribution in [0.25, 0.3) is 6.08 Å². The summed E-state index contributed by atoms with van der Waals surface area (Å²) in [5.74, 6) is 0.733. The van der Waals surface area contributed by atoms with Gasteiger partial charge >= 0.3 is 0 Å². The van der Waals surface area contributed by atoms with E-state index in [1.807, 2.05) is 58.0 Å². The number of amides is 1. The van der Waals surface area contributed by atoms with Crippen molar-refractivity contribution in [3.63, 3.8) is 0 Å². The molecule has 10 heteroatoms. The fourth-order valence-electron chi connectivity index (χ4n) is 4.33. The Kier molecular flexibility index (Phi) is 9.18. The third-order valence-corrected chi connectivity index (χ3v) is 8.93. The SMILES string of the molecule is CCOc1c(I)cc(/C=c2/sc3n(c2=O)[C@@H](c2ccc(Cl)cc2)C(C(=O)N(CC)CC)=C(C)N=3)cc1I. The summed E-state index contributed by atoms with van der Waals surface area (Å²) in [6.07, 6.45) is 1.88. The van der Waals surface area contributed by atoms with Gasteiger partial charge in [0.05, 0.1) is 35.6 Å². The minimum atomic E-state index is -0.593. The first-order chi connectivity index (χ1) is 17.7. The van der Waals surface area contributed by atoms with Gasteiger partial charge in [-0.2, -0.15) is 0 Å². The molecule has 0 bridgehead atoms. The number of carbonyl (C=O) groups is 1.